The van der Waals surface area contributed by atoms with Crippen LogP contribution in [-0.4, -0.2) is 45.5 Å². The normalized spacial score (nSPS) is 17.9. The number of ether oxygens (including phenoxy) is 1. The van der Waals surface area contributed by atoms with Crippen molar-refractivity contribution >= 4 is 17.1 Å². The number of imidazole rings is 1. The molecule has 6 nitrogen and oxygen atoms in total. The van der Waals surface area contributed by atoms with Gasteiger partial charge in [0.05, 0.1) is 12.6 Å². The van der Waals surface area contributed by atoms with Gasteiger partial charge >= 0.3 is 0 Å². The molecule has 0 unspecified atom stereocenters. The van der Waals surface area contributed by atoms with Gasteiger partial charge in [-0.3, -0.25) is 4.79 Å². The minimum absolute atomic E-state index is 0.289. The van der Waals surface area contributed by atoms with E-state index in [2.05, 4.69) is 56.9 Å². The zero-order valence-corrected chi connectivity index (χ0v) is 19.4. The summed E-state index contributed by atoms with van der Waals surface area (Å²) in [7, 11) is 1.68. The molecule has 1 amide bonds. The second-order valence-corrected chi connectivity index (χ2v) is 9.41. The first kappa shape index (κ1) is 20.9. The second kappa shape index (κ2) is 8.60. The molecule has 0 bridgehead atoms. The molecule has 6 heteroatoms. The maximum atomic E-state index is 12.5. The van der Waals surface area contributed by atoms with E-state index < -0.39 is 0 Å². The SMILES string of the molecule is COc1ccc(-c2ccc(-c3nc4ncccc4n3C[C@@H]3CCN(C(=O)C4CC4)C3)cc2)cc1. The Kier molecular flexibility index (Phi) is 5.28. The van der Waals surface area contributed by atoms with E-state index in [9.17, 15) is 4.79 Å². The van der Waals surface area contributed by atoms with Crippen molar-refractivity contribution in [3.63, 3.8) is 0 Å². The fourth-order valence-corrected chi connectivity index (χ4v) is 4.99. The van der Waals surface area contributed by atoms with E-state index in [0.29, 0.717) is 11.8 Å². The van der Waals surface area contributed by atoms with E-state index >= 15 is 0 Å². The number of aromatic nitrogens is 3. The fourth-order valence-electron chi connectivity index (χ4n) is 4.99. The maximum absolute atomic E-state index is 12.5. The van der Waals surface area contributed by atoms with Gasteiger partial charge in [-0.05, 0) is 60.6 Å². The molecule has 1 atom stereocenters. The summed E-state index contributed by atoms with van der Waals surface area (Å²) in [6.45, 7) is 2.55. The summed E-state index contributed by atoms with van der Waals surface area (Å²) in [5.41, 5.74) is 5.18. The summed E-state index contributed by atoms with van der Waals surface area (Å²) < 4.78 is 7.57. The lowest BCUT2D eigenvalue weighted by atomic mass is 10.0. The standard InChI is InChI=1S/C28H28N4O2/c1-34-24-12-10-21(11-13-24)20-4-6-22(7-5-20)27-30-26-25(3-2-15-29-26)32(27)18-19-14-16-31(17-19)28(33)23-8-9-23/h2-7,10-13,15,19,23H,8-9,14,16-18H2,1H3/t19-/m1/s1. The minimum Gasteiger partial charge on any atom is -0.497 e. The van der Waals surface area contributed by atoms with E-state index in [-0.39, 0.29) is 5.92 Å². The van der Waals surface area contributed by atoms with Crippen molar-refractivity contribution < 1.29 is 9.53 Å². The van der Waals surface area contributed by atoms with Crippen LogP contribution in [0.1, 0.15) is 19.3 Å². The monoisotopic (exact) mass is 452 g/mol. The summed E-state index contributed by atoms with van der Waals surface area (Å²) in [4.78, 5) is 24.0. The third-order valence-corrected chi connectivity index (χ3v) is 7.06. The number of amides is 1. The number of pyridine rings is 1. The van der Waals surface area contributed by atoms with Crippen LogP contribution in [0.2, 0.25) is 0 Å². The zero-order valence-electron chi connectivity index (χ0n) is 19.4. The molecule has 0 N–H and O–H groups in total. The number of nitrogens with zero attached hydrogens (tertiary/aromatic N) is 4. The van der Waals surface area contributed by atoms with Crippen molar-refractivity contribution in [2.75, 3.05) is 20.2 Å². The Morgan fingerprint density at radius 3 is 2.38 bits per heavy atom. The Morgan fingerprint density at radius 2 is 1.68 bits per heavy atom. The number of methoxy groups -OCH3 is 1. The molecular formula is C28H28N4O2. The largest absolute Gasteiger partial charge is 0.497 e. The van der Waals surface area contributed by atoms with Gasteiger partial charge in [-0.25, -0.2) is 9.97 Å². The number of hydrogen-bond acceptors (Lipinski definition) is 4. The predicted octanol–water partition coefficient (Wildman–Crippen LogP) is 5.03. The molecule has 0 spiro atoms. The zero-order chi connectivity index (χ0) is 23.1. The molecule has 3 heterocycles. The Morgan fingerprint density at radius 1 is 0.971 bits per heavy atom. The molecule has 2 fully saturated rings. The van der Waals surface area contributed by atoms with Crippen LogP contribution in [0.4, 0.5) is 0 Å². The Bertz CT molecular complexity index is 1320. The van der Waals surface area contributed by atoms with Crippen LogP contribution in [0.25, 0.3) is 33.7 Å². The molecule has 1 saturated heterocycles. The molecule has 0 radical (unpaired) electrons. The molecule has 2 aromatic carbocycles. The van der Waals surface area contributed by atoms with Crippen LogP contribution in [0.5, 0.6) is 5.75 Å². The van der Waals surface area contributed by atoms with Crippen LogP contribution in [0.15, 0.2) is 66.9 Å². The highest BCUT2D eigenvalue weighted by molar-refractivity contribution is 5.81. The first-order valence-electron chi connectivity index (χ1n) is 12.0. The second-order valence-electron chi connectivity index (χ2n) is 9.41. The summed E-state index contributed by atoms with van der Waals surface area (Å²) in [6, 6.07) is 20.7. The van der Waals surface area contributed by atoms with Gasteiger partial charge in [0.2, 0.25) is 5.91 Å². The number of carbonyl (C=O) groups excluding carboxylic acids is 1. The van der Waals surface area contributed by atoms with Gasteiger partial charge in [-0.2, -0.15) is 0 Å². The predicted molar refractivity (Wildman–Crippen MR) is 132 cm³/mol. The third-order valence-electron chi connectivity index (χ3n) is 7.06. The summed E-state index contributed by atoms with van der Waals surface area (Å²) in [6.07, 6.45) is 4.96. The Balaban J connectivity index is 1.28. The van der Waals surface area contributed by atoms with E-state index in [1.54, 1.807) is 13.3 Å². The molecule has 172 valence electrons. The van der Waals surface area contributed by atoms with Gasteiger partial charge in [-0.15, -0.1) is 0 Å². The first-order valence-corrected chi connectivity index (χ1v) is 12.0. The topological polar surface area (TPSA) is 60.3 Å². The summed E-state index contributed by atoms with van der Waals surface area (Å²) >= 11 is 0. The number of fused-ring (bicyclic) bond motifs is 1. The Labute approximate surface area is 199 Å². The van der Waals surface area contributed by atoms with Crippen LogP contribution >= 0.6 is 0 Å². The van der Waals surface area contributed by atoms with E-state index in [0.717, 1.165) is 78.3 Å². The van der Waals surface area contributed by atoms with Gasteiger partial charge in [0.1, 0.15) is 11.6 Å². The highest BCUT2D eigenvalue weighted by Gasteiger charge is 2.36. The van der Waals surface area contributed by atoms with Gasteiger partial charge in [0.15, 0.2) is 5.65 Å². The lowest BCUT2D eigenvalue weighted by molar-refractivity contribution is -0.131. The lowest BCUT2D eigenvalue weighted by Gasteiger charge is -2.17. The van der Waals surface area contributed by atoms with Crippen molar-refractivity contribution in [2.45, 2.75) is 25.8 Å². The fraction of sp³-hybridized carbons (Fsp3) is 0.321. The van der Waals surface area contributed by atoms with Crippen LogP contribution in [-0.2, 0) is 11.3 Å². The van der Waals surface area contributed by atoms with Crippen LogP contribution in [0, 0.1) is 11.8 Å². The summed E-state index contributed by atoms with van der Waals surface area (Å²) in [5, 5.41) is 0. The number of carbonyl (C=O) groups is 1. The highest BCUT2D eigenvalue weighted by atomic mass is 16.5. The first-order chi connectivity index (χ1) is 16.7. The summed E-state index contributed by atoms with van der Waals surface area (Å²) in [5.74, 6) is 2.86. The van der Waals surface area contributed by atoms with Gasteiger partial charge in [0, 0.05) is 37.3 Å². The van der Waals surface area contributed by atoms with E-state index in [1.807, 2.05) is 18.2 Å². The number of benzene rings is 2. The number of rotatable bonds is 6. The van der Waals surface area contributed by atoms with Crippen molar-refractivity contribution in [2.24, 2.45) is 11.8 Å². The number of likely N-dealkylation sites (tertiary alicyclic amines) is 1. The lowest BCUT2D eigenvalue weighted by Crippen LogP contribution is -2.30. The molecule has 4 aromatic rings. The molecule has 34 heavy (non-hydrogen) atoms. The van der Waals surface area contributed by atoms with Crippen molar-refractivity contribution in [1.82, 2.24) is 19.4 Å². The van der Waals surface area contributed by atoms with Crippen molar-refractivity contribution in [3.05, 3.63) is 66.9 Å². The molecule has 1 saturated carbocycles. The van der Waals surface area contributed by atoms with Crippen LogP contribution < -0.4 is 4.74 Å². The highest BCUT2D eigenvalue weighted by Crippen LogP contribution is 2.34. The molecule has 1 aliphatic carbocycles. The van der Waals surface area contributed by atoms with Gasteiger partial charge in [-0.1, -0.05) is 36.4 Å². The van der Waals surface area contributed by atoms with Gasteiger partial charge < -0.3 is 14.2 Å². The third kappa shape index (κ3) is 3.94. The maximum Gasteiger partial charge on any atom is 0.225 e. The van der Waals surface area contributed by atoms with Gasteiger partial charge in [0.25, 0.3) is 0 Å². The molecule has 2 aromatic heterocycles. The molecule has 1 aliphatic heterocycles. The molecule has 2 aliphatic rings. The van der Waals surface area contributed by atoms with Crippen LogP contribution in [0.3, 0.4) is 0 Å². The average molecular weight is 453 g/mol. The smallest absolute Gasteiger partial charge is 0.225 e. The van der Waals surface area contributed by atoms with E-state index in [1.165, 1.54) is 0 Å². The quantitative estimate of drug-likeness (QED) is 0.412. The average Bonchev–Trinajstić information content (AvgIpc) is 3.53. The minimum atomic E-state index is 0.289. The van der Waals surface area contributed by atoms with E-state index in [4.69, 9.17) is 9.72 Å². The number of hydrogen-bond donors (Lipinski definition) is 0. The molecular weight excluding hydrogens is 424 g/mol. The Hall–Kier alpha value is -3.67. The van der Waals surface area contributed by atoms with Crippen molar-refractivity contribution in [3.8, 4) is 28.3 Å². The van der Waals surface area contributed by atoms with Crippen molar-refractivity contribution in [1.29, 1.82) is 0 Å². The molecule has 6 rings (SSSR count).